The van der Waals surface area contributed by atoms with Crippen molar-refractivity contribution in [1.82, 2.24) is 0 Å². The van der Waals surface area contributed by atoms with Crippen LogP contribution in [-0.4, -0.2) is 36.8 Å². The van der Waals surface area contributed by atoms with E-state index in [0.717, 1.165) is 30.7 Å². The van der Waals surface area contributed by atoms with E-state index in [1.54, 1.807) is 0 Å². The van der Waals surface area contributed by atoms with Gasteiger partial charge in [0.15, 0.2) is 5.54 Å². The molecule has 0 saturated carbocycles. The summed E-state index contributed by atoms with van der Waals surface area (Å²) in [4.78, 5) is 13.4. The van der Waals surface area contributed by atoms with Gasteiger partial charge in [0.2, 0.25) is 0 Å². The van der Waals surface area contributed by atoms with Gasteiger partial charge in [-0.3, -0.25) is 4.79 Å². The number of ether oxygens (including phenoxy) is 1. The summed E-state index contributed by atoms with van der Waals surface area (Å²) in [5.41, 5.74) is 7.91. The van der Waals surface area contributed by atoms with Crippen molar-refractivity contribution in [3.63, 3.8) is 0 Å². The molecule has 1 atom stereocenters. The molecular weight excluding hydrogens is 244 g/mol. The predicted octanol–water partition coefficient (Wildman–Crippen LogP) is 0.786. The Morgan fingerprint density at radius 2 is 2.26 bits per heavy atom. The second kappa shape index (κ2) is 4.13. The maximum atomic E-state index is 11.2. The predicted molar refractivity (Wildman–Crippen MR) is 71.8 cm³/mol. The Morgan fingerprint density at radius 1 is 1.47 bits per heavy atom. The van der Waals surface area contributed by atoms with E-state index in [4.69, 9.17) is 10.5 Å². The number of aliphatic carboxylic acids is 1. The first kappa shape index (κ1) is 12.3. The van der Waals surface area contributed by atoms with Gasteiger partial charge in [-0.15, -0.1) is 0 Å². The van der Waals surface area contributed by atoms with Gasteiger partial charge >= 0.3 is 5.97 Å². The zero-order valence-electron chi connectivity index (χ0n) is 11.0. The standard InChI is InChI=1S/C14H18N2O3/c1-16-4-2-3-9-6-12-10(5-11(9)16)7-14(15,8-19-12)13(17)18/h5-6H,2-4,7-8,15H2,1H3,(H,17,18). The van der Waals surface area contributed by atoms with Crippen LogP contribution in [-0.2, 0) is 17.6 Å². The Bertz CT molecular complexity index is 544. The Kier molecular flexibility index (Phi) is 2.67. The number of benzene rings is 1. The molecule has 0 aliphatic carbocycles. The molecule has 1 unspecified atom stereocenters. The third-order valence-electron chi connectivity index (χ3n) is 4.03. The number of aryl methyl sites for hydroxylation is 1. The molecule has 0 aromatic heterocycles. The Balaban J connectivity index is 2.01. The molecule has 1 aromatic rings. The number of carbonyl (C=O) groups is 1. The molecule has 0 radical (unpaired) electrons. The smallest absolute Gasteiger partial charge is 0.327 e. The normalized spacial score (nSPS) is 25.3. The van der Waals surface area contributed by atoms with Gasteiger partial charge in [-0.2, -0.15) is 0 Å². The summed E-state index contributed by atoms with van der Waals surface area (Å²) in [6, 6.07) is 4.08. The lowest BCUT2D eigenvalue weighted by Crippen LogP contribution is -2.56. The third-order valence-corrected chi connectivity index (χ3v) is 4.03. The molecule has 0 fully saturated rings. The van der Waals surface area contributed by atoms with Gasteiger partial charge in [-0.1, -0.05) is 0 Å². The maximum Gasteiger partial charge on any atom is 0.327 e. The van der Waals surface area contributed by atoms with Crippen LogP contribution in [0.3, 0.4) is 0 Å². The van der Waals surface area contributed by atoms with Crippen molar-refractivity contribution < 1.29 is 14.6 Å². The van der Waals surface area contributed by atoms with Gasteiger partial charge in [0.25, 0.3) is 0 Å². The summed E-state index contributed by atoms with van der Waals surface area (Å²) in [5, 5.41) is 9.20. The van der Waals surface area contributed by atoms with Gasteiger partial charge in [0, 0.05) is 25.7 Å². The van der Waals surface area contributed by atoms with Crippen LogP contribution < -0.4 is 15.4 Å². The third kappa shape index (κ3) is 1.94. The van der Waals surface area contributed by atoms with E-state index in [1.807, 2.05) is 12.1 Å². The van der Waals surface area contributed by atoms with Crippen molar-refractivity contribution in [3.05, 3.63) is 23.3 Å². The van der Waals surface area contributed by atoms with Crippen LogP contribution in [0.25, 0.3) is 0 Å². The highest BCUT2D eigenvalue weighted by atomic mass is 16.5. The van der Waals surface area contributed by atoms with Crippen LogP contribution >= 0.6 is 0 Å². The molecule has 0 bridgehead atoms. The fourth-order valence-corrected chi connectivity index (χ4v) is 2.84. The van der Waals surface area contributed by atoms with E-state index in [0.29, 0.717) is 6.42 Å². The topological polar surface area (TPSA) is 75.8 Å². The molecule has 102 valence electrons. The lowest BCUT2D eigenvalue weighted by Gasteiger charge is -2.34. The second-order valence-electron chi connectivity index (χ2n) is 5.54. The van der Waals surface area contributed by atoms with E-state index in [2.05, 4.69) is 11.9 Å². The zero-order valence-corrected chi connectivity index (χ0v) is 11.0. The van der Waals surface area contributed by atoms with Gasteiger partial charge < -0.3 is 20.5 Å². The van der Waals surface area contributed by atoms with Crippen LogP contribution in [0.1, 0.15) is 17.5 Å². The van der Waals surface area contributed by atoms with Crippen molar-refractivity contribution in [3.8, 4) is 5.75 Å². The number of rotatable bonds is 1. The molecule has 2 heterocycles. The number of fused-ring (bicyclic) bond motifs is 2. The first-order valence-corrected chi connectivity index (χ1v) is 6.52. The van der Waals surface area contributed by atoms with Crippen LogP contribution in [0, 0.1) is 0 Å². The minimum atomic E-state index is -1.31. The molecule has 3 N–H and O–H groups in total. The monoisotopic (exact) mass is 262 g/mol. The van der Waals surface area contributed by atoms with Crippen LogP contribution in [0.4, 0.5) is 5.69 Å². The van der Waals surface area contributed by atoms with Crippen molar-refractivity contribution in [1.29, 1.82) is 0 Å². The fraction of sp³-hybridized carbons (Fsp3) is 0.500. The minimum absolute atomic E-state index is 0.0317. The summed E-state index contributed by atoms with van der Waals surface area (Å²) < 4.78 is 5.58. The quantitative estimate of drug-likeness (QED) is 0.782. The van der Waals surface area contributed by atoms with Crippen LogP contribution in [0.5, 0.6) is 5.75 Å². The van der Waals surface area contributed by atoms with Crippen molar-refractivity contribution in [2.75, 3.05) is 25.1 Å². The highest BCUT2D eigenvalue weighted by Gasteiger charge is 2.39. The summed E-state index contributed by atoms with van der Waals surface area (Å²) in [5.74, 6) is -0.222. The molecule has 5 heteroatoms. The number of carboxylic acid groups (broad SMARTS) is 1. The first-order chi connectivity index (χ1) is 8.99. The van der Waals surface area contributed by atoms with E-state index in [-0.39, 0.29) is 6.61 Å². The second-order valence-corrected chi connectivity index (χ2v) is 5.54. The first-order valence-electron chi connectivity index (χ1n) is 6.52. The Labute approximate surface area is 112 Å². The molecule has 0 saturated heterocycles. The molecule has 0 amide bonds. The number of nitrogens with two attached hydrogens (primary N) is 1. The summed E-state index contributed by atoms with van der Waals surface area (Å²) in [7, 11) is 2.06. The highest BCUT2D eigenvalue weighted by molar-refractivity contribution is 5.80. The van der Waals surface area contributed by atoms with Gasteiger partial charge in [-0.25, -0.2) is 0 Å². The fourth-order valence-electron chi connectivity index (χ4n) is 2.84. The minimum Gasteiger partial charge on any atom is -0.491 e. The van der Waals surface area contributed by atoms with Crippen molar-refractivity contribution in [2.45, 2.75) is 24.8 Å². The molecule has 2 aliphatic heterocycles. The summed E-state index contributed by atoms with van der Waals surface area (Å²) >= 11 is 0. The molecule has 5 nitrogen and oxygen atoms in total. The number of carboxylic acids is 1. The number of nitrogens with zero attached hydrogens (tertiary/aromatic N) is 1. The van der Waals surface area contributed by atoms with E-state index >= 15 is 0 Å². The van der Waals surface area contributed by atoms with Gasteiger partial charge in [0.05, 0.1) is 0 Å². The lowest BCUT2D eigenvalue weighted by atomic mass is 9.88. The van der Waals surface area contributed by atoms with E-state index < -0.39 is 11.5 Å². The van der Waals surface area contributed by atoms with Crippen LogP contribution in [0.15, 0.2) is 12.1 Å². The van der Waals surface area contributed by atoms with Crippen molar-refractivity contribution >= 4 is 11.7 Å². The number of hydrogen-bond acceptors (Lipinski definition) is 4. The summed E-state index contributed by atoms with van der Waals surface area (Å²) in [6.07, 6.45) is 2.50. The molecule has 0 spiro atoms. The SMILES string of the molecule is CN1CCCc2cc3c(cc21)CC(N)(C(=O)O)CO3. The van der Waals surface area contributed by atoms with Crippen LogP contribution in [0.2, 0.25) is 0 Å². The number of hydrogen-bond donors (Lipinski definition) is 2. The molecule has 1 aromatic carbocycles. The van der Waals surface area contributed by atoms with Gasteiger partial charge in [-0.05, 0) is 36.1 Å². The molecular formula is C14H18N2O3. The van der Waals surface area contributed by atoms with Gasteiger partial charge in [0.1, 0.15) is 12.4 Å². The average Bonchev–Trinajstić information content (AvgIpc) is 2.37. The Morgan fingerprint density at radius 3 is 3.00 bits per heavy atom. The molecule has 2 aliphatic rings. The highest BCUT2D eigenvalue weighted by Crippen LogP contribution is 2.36. The largest absolute Gasteiger partial charge is 0.491 e. The van der Waals surface area contributed by atoms with Crippen molar-refractivity contribution in [2.24, 2.45) is 5.73 Å². The molecule has 3 rings (SSSR count). The molecule has 19 heavy (non-hydrogen) atoms. The number of anilines is 1. The maximum absolute atomic E-state index is 11.2. The van der Waals surface area contributed by atoms with E-state index in [1.165, 1.54) is 11.3 Å². The Hall–Kier alpha value is -1.75. The zero-order chi connectivity index (χ0) is 13.6. The lowest BCUT2D eigenvalue weighted by molar-refractivity contribution is -0.145. The summed E-state index contributed by atoms with van der Waals surface area (Å²) in [6.45, 7) is 1.06. The van der Waals surface area contributed by atoms with E-state index in [9.17, 15) is 9.90 Å². The average molecular weight is 262 g/mol.